The molecule has 0 amide bonds. The summed E-state index contributed by atoms with van der Waals surface area (Å²) in [4.78, 5) is 23.7. The van der Waals surface area contributed by atoms with E-state index in [4.69, 9.17) is 0 Å². The minimum Gasteiger partial charge on any atom is -0.340 e. The number of anilines is 2. The van der Waals surface area contributed by atoms with Crippen molar-refractivity contribution in [1.82, 2.24) is 15.0 Å². The largest absolute Gasteiger partial charge is 0.340 e. The second kappa shape index (κ2) is 6.72. The van der Waals surface area contributed by atoms with E-state index in [1.54, 1.807) is 43.3 Å². The van der Waals surface area contributed by atoms with Crippen LogP contribution < -0.4 is 5.32 Å². The first-order valence-corrected chi connectivity index (χ1v) is 10.4. The van der Waals surface area contributed by atoms with Crippen LogP contribution in [-0.2, 0) is 9.84 Å². The van der Waals surface area contributed by atoms with E-state index in [1.165, 1.54) is 13.3 Å². The Bertz CT molecular complexity index is 1330. The van der Waals surface area contributed by atoms with E-state index < -0.39 is 9.84 Å². The molecular formula is C20H18N4O3S. The molecule has 0 radical (unpaired) electrons. The van der Waals surface area contributed by atoms with Crippen LogP contribution in [0.1, 0.15) is 24.2 Å². The van der Waals surface area contributed by atoms with E-state index in [9.17, 15) is 13.2 Å². The van der Waals surface area contributed by atoms with E-state index in [0.29, 0.717) is 22.7 Å². The molecule has 2 aromatic carbocycles. The van der Waals surface area contributed by atoms with Gasteiger partial charge in [0.1, 0.15) is 17.8 Å². The van der Waals surface area contributed by atoms with Gasteiger partial charge in [-0.15, -0.1) is 0 Å². The molecule has 0 saturated heterocycles. The van der Waals surface area contributed by atoms with Gasteiger partial charge in [0, 0.05) is 22.2 Å². The highest BCUT2D eigenvalue weighted by atomic mass is 32.2. The third-order valence-electron chi connectivity index (χ3n) is 4.63. The normalized spacial score (nSPS) is 11.8. The lowest BCUT2D eigenvalue weighted by Crippen LogP contribution is -2.04. The van der Waals surface area contributed by atoms with Crippen molar-refractivity contribution in [3.05, 3.63) is 54.4 Å². The van der Waals surface area contributed by atoms with Gasteiger partial charge in [0.15, 0.2) is 15.6 Å². The molecule has 0 atom stereocenters. The number of ketones is 1. The molecule has 4 rings (SSSR count). The molecule has 0 aliphatic rings. The summed E-state index contributed by atoms with van der Waals surface area (Å²) in [5.41, 5.74) is 2.64. The Morgan fingerprint density at radius 3 is 2.71 bits per heavy atom. The lowest BCUT2D eigenvalue weighted by Gasteiger charge is -2.09. The monoisotopic (exact) mass is 394 g/mol. The Morgan fingerprint density at radius 2 is 1.96 bits per heavy atom. The van der Waals surface area contributed by atoms with Crippen LogP contribution in [0.4, 0.5) is 11.5 Å². The van der Waals surface area contributed by atoms with Gasteiger partial charge in [0.2, 0.25) is 0 Å². The Morgan fingerprint density at radius 1 is 1.14 bits per heavy atom. The van der Waals surface area contributed by atoms with Crippen molar-refractivity contribution >= 4 is 49.1 Å². The molecular weight excluding hydrogens is 376 g/mol. The molecule has 2 heterocycles. The Hall–Kier alpha value is -3.26. The first-order chi connectivity index (χ1) is 13.4. The maximum absolute atomic E-state index is 12.2. The molecule has 0 saturated carbocycles. The van der Waals surface area contributed by atoms with Crippen molar-refractivity contribution in [2.24, 2.45) is 0 Å². The van der Waals surface area contributed by atoms with Gasteiger partial charge >= 0.3 is 0 Å². The zero-order chi connectivity index (χ0) is 19.9. The van der Waals surface area contributed by atoms with Crippen molar-refractivity contribution in [1.29, 1.82) is 0 Å². The minimum atomic E-state index is -3.30. The summed E-state index contributed by atoms with van der Waals surface area (Å²) in [5, 5.41) is 4.85. The Kier molecular flexibility index (Phi) is 4.35. The number of benzene rings is 2. The van der Waals surface area contributed by atoms with Crippen molar-refractivity contribution in [3.63, 3.8) is 0 Å². The number of fused-ring (bicyclic) bond motifs is 3. The van der Waals surface area contributed by atoms with Gasteiger partial charge in [-0.3, -0.25) is 4.79 Å². The highest BCUT2D eigenvalue weighted by molar-refractivity contribution is 7.91. The topological polar surface area (TPSA) is 105 Å². The van der Waals surface area contributed by atoms with Crippen LogP contribution in [0.5, 0.6) is 0 Å². The first kappa shape index (κ1) is 18.1. The summed E-state index contributed by atoms with van der Waals surface area (Å²) in [6.07, 6.45) is 1.43. The van der Waals surface area contributed by atoms with Gasteiger partial charge in [-0.05, 0) is 31.2 Å². The number of carbonyl (C=O) groups is 1. The average Bonchev–Trinajstić information content (AvgIpc) is 3.07. The van der Waals surface area contributed by atoms with E-state index in [0.717, 1.165) is 16.3 Å². The standard InChI is InChI=1S/C20H18N4O3S/c1-3-28(26,27)15-6-4-5-14(10-15)23-19-18-16-8-7-13(12(2)25)9-17(16)24-20(18)22-11-21-19/h4-11H,3H2,1-2H3,(H2,21,22,23,24). The summed E-state index contributed by atoms with van der Waals surface area (Å²) >= 11 is 0. The molecule has 2 N–H and O–H groups in total. The fourth-order valence-electron chi connectivity index (χ4n) is 3.11. The maximum atomic E-state index is 12.2. The molecule has 0 aliphatic carbocycles. The maximum Gasteiger partial charge on any atom is 0.178 e. The summed E-state index contributed by atoms with van der Waals surface area (Å²) in [6.45, 7) is 3.14. The highest BCUT2D eigenvalue weighted by Gasteiger charge is 2.15. The fourth-order valence-corrected chi connectivity index (χ4v) is 4.04. The van der Waals surface area contributed by atoms with Crippen LogP contribution in [-0.4, -0.2) is 34.9 Å². The summed E-state index contributed by atoms with van der Waals surface area (Å²) in [5.74, 6) is 0.576. The van der Waals surface area contributed by atoms with E-state index >= 15 is 0 Å². The molecule has 4 aromatic rings. The second-order valence-electron chi connectivity index (χ2n) is 6.44. The molecule has 0 spiro atoms. The SMILES string of the molecule is CCS(=O)(=O)c1cccc(Nc2ncnc3[nH]c4cc(C(C)=O)ccc4c23)c1. The van der Waals surface area contributed by atoms with Gasteiger partial charge in [0.05, 0.1) is 16.0 Å². The minimum absolute atomic E-state index is 0.0149. The molecule has 0 aliphatic heterocycles. The number of hydrogen-bond acceptors (Lipinski definition) is 6. The summed E-state index contributed by atoms with van der Waals surface area (Å²) in [7, 11) is -3.30. The zero-order valence-corrected chi connectivity index (χ0v) is 16.2. The average molecular weight is 394 g/mol. The predicted molar refractivity (Wildman–Crippen MR) is 109 cm³/mol. The fraction of sp³-hybridized carbons (Fsp3) is 0.150. The van der Waals surface area contributed by atoms with Crippen molar-refractivity contribution in [3.8, 4) is 0 Å². The van der Waals surface area contributed by atoms with Crippen LogP contribution in [0.2, 0.25) is 0 Å². The smallest absolute Gasteiger partial charge is 0.178 e. The molecule has 28 heavy (non-hydrogen) atoms. The molecule has 0 fully saturated rings. The van der Waals surface area contributed by atoms with Crippen molar-refractivity contribution in [2.45, 2.75) is 18.7 Å². The van der Waals surface area contributed by atoms with Crippen LogP contribution in [0.15, 0.2) is 53.7 Å². The number of hydrogen-bond donors (Lipinski definition) is 2. The number of nitrogens with one attached hydrogen (secondary N) is 2. The van der Waals surface area contributed by atoms with Gasteiger partial charge in [-0.25, -0.2) is 18.4 Å². The van der Waals surface area contributed by atoms with Gasteiger partial charge in [-0.2, -0.15) is 0 Å². The predicted octanol–water partition coefficient (Wildman–Crippen LogP) is 3.85. The van der Waals surface area contributed by atoms with Crippen molar-refractivity contribution < 1.29 is 13.2 Å². The highest BCUT2D eigenvalue weighted by Crippen LogP contribution is 2.31. The van der Waals surface area contributed by atoms with Crippen LogP contribution in [0.3, 0.4) is 0 Å². The van der Waals surface area contributed by atoms with Crippen LogP contribution in [0, 0.1) is 0 Å². The number of aromatic amines is 1. The number of H-pyrrole nitrogens is 1. The van der Waals surface area contributed by atoms with Crippen LogP contribution >= 0.6 is 0 Å². The Labute approximate surface area is 161 Å². The van der Waals surface area contributed by atoms with E-state index in [1.807, 2.05) is 6.07 Å². The number of rotatable bonds is 5. The summed E-state index contributed by atoms with van der Waals surface area (Å²) in [6, 6.07) is 12.1. The molecule has 142 valence electrons. The second-order valence-corrected chi connectivity index (χ2v) is 8.72. The molecule has 7 nitrogen and oxygen atoms in total. The van der Waals surface area contributed by atoms with Crippen LogP contribution in [0.25, 0.3) is 21.9 Å². The molecule has 0 unspecified atom stereocenters. The summed E-state index contributed by atoms with van der Waals surface area (Å²) < 4.78 is 24.3. The lowest BCUT2D eigenvalue weighted by molar-refractivity contribution is 0.101. The number of sulfone groups is 1. The third kappa shape index (κ3) is 3.11. The number of aromatic nitrogens is 3. The van der Waals surface area contributed by atoms with E-state index in [2.05, 4.69) is 20.3 Å². The molecule has 2 aromatic heterocycles. The van der Waals surface area contributed by atoms with Crippen molar-refractivity contribution in [2.75, 3.05) is 11.1 Å². The number of carbonyl (C=O) groups excluding carboxylic acids is 1. The Balaban J connectivity index is 1.83. The van der Waals surface area contributed by atoms with Gasteiger partial charge < -0.3 is 10.3 Å². The molecule has 8 heteroatoms. The van der Waals surface area contributed by atoms with Gasteiger partial charge in [0.25, 0.3) is 0 Å². The molecule has 0 bridgehead atoms. The number of Topliss-reactive ketones (excluding diaryl/α,β-unsaturated/α-hetero) is 1. The van der Waals surface area contributed by atoms with Gasteiger partial charge in [-0.1, -0.05) is 25.1 Å². The third-order valence-corrected chi connectivity index (χ3v) is 6.36. The first-order valence-electron chi connectivity index (χ1n) is 8.76. The number of nitrogens with zero attached hydrogens (tertiary/aromatic N) is 2. The lowest BCUT2D eigenvalue weighted by atomic mass is 10.1. The quantitative estimate of drug-likeness (QED) is 0.498. The zero-order valence-electron chi connectivity index (χ0n) is 15.4. The van der Waals surface area contributed by atoms with E-state index in [-0.39, 0.29) is 16.4 Å².